The first-order valence-electron chi connectivity index (χ1n) is 7.97. The van der Waals surface area contributed by atoms with Gasteiger partial charge < -0.3 is 9.73 Å². The van der Waals surface area contributed by atoms with Crippen molar-refractivity contribution in [1.82, 2.24) is 0 Å². The Balaban J connectivity index is 1.86. The first-order valence-corrected chi connectivity index (χ1v) is 7.97. The van der Waals surface area contributed by atoms with Crippen LogP contribution in [0.1, 0.15) is 25.0 Å². The molecule has 112 valence electrons. The smallest absolute Gasteiger partial charge is 0.135 e. The van der Waals surface area contributed by atoms with Crippen molar-refractivity contribution in [1.29, 1.82) is 0 Å². The topological polar surface area (TPSA) is 25.2 Å². The number of furan rings is 1. The van der Waals surface area contributed by atoms with Crippen LogP contribution in [0.5, 0.6) is 0 Å². The zero-order valence-electron chi connectivity index (χ0n) is 13.2. The molecule has 0 radical (unpaired) electrons. The first-order chi connectivity index (χ1) is 11.1. The highest BCUT2D eigenvalue weighted by Gasteiger charge is 2.33. The fourth-order valence-electron chi connectivity index (χ4n) is 3.82. The molecule has 0 spiro atoms. The van der Waals surface area contributed by atoms with Gasteiger partial charge in [-0.2, -0.15) is 0 Å². The van der Waals surface area contributed by atoms with Crippen molar-refractivity contribution in [2.75, 3.05) is 5.32 Å². The molecule has 1 aliphatic heterocycles. The minimum Gasteiger partial charge on any atom is -0.456 e. The molecular weight excluding hydrogens is 282 g/mol. The van der Waals surface area contributed by atoms with Crippen molar-refractivity contribution in [3.63, 3.8) is 0 Å². The van der Waals surface area contributed by atoms with E-state index in [-0.39, 0.29) is 5.41 Å². The number of anilines is 2. The van der Waals surface area contributed by atoms with Crippen LogP contribution in [0, 0.1) is 0 Å². The Kier molecular flexibility index (Phi) is 2.31. The van der Waals surface area contributed by atoms with Gasteiger partial charge in [-0.1, -0.05) is 50.2 Å². The number of nitrogens with one attached hydrogen (secondary N) is 1. The van der Waals surface area contributed by atoms with Gasteiger partial charge in [-0.15, -0.1) is 0 Å². The molecule has 0 unspecified atom stereocenters. The lowest BCUT2D eigenvalue weighted by atomic mass is 9.74. The van der Waals surface area contributed by atoms with Crippen molar-refractivity contribution >= 4 is 33.3 Å². The molecule has 2 heterocycles. The van der Waals surface area contributed by atoms with Crippen molar-refractivity contribution in [3.05, 3.63) is 71.8 Å². The highest BCUT2D eigenvalue weighted by atomic mass is 16.3. The van der Waals surface area contributed by atoms with E-state index >= 15 is 0 Å². The molecule has 1 aromatic heterocycles. The summed E-state index contributed by atoms with van der Waals surface area (Å²) in [6.07, 6.45) is 0. The summed E-state index contributed by atoms with van der Waals surface area (Å²) >= 11 is 0. The summed E-state index contributed by atoms with van der Waals surface area (Å²) in [5, 5.41) is 5.94. The van der Waals surface area contributed by atoms with Gasteiger partial charge in [0.1, 0.15) is 11.2 Å². The molecule has 1 N–H and O–H groups in total. The molecule has 0 amide bonds. The van der Waals surface area contributed by atoms with E-state index in [9.17, 15) is 0 Å². The molecule has 4 aromatic rings. The van der Waals surface area contributed by atoms with Crippen molar-refractivity contribution in [2.45, 2.75) is 19.3 Å². The fraction of sp³-hybridized carbons (Fsp3) is 0.143. The number of para-hydroxylation sites is 2. The number of benzene rings is 3. The maximum atomic E-state index is 6.07. The summed E-state index contributed by atoms with van der Waals surface area (Å²) < 4.78 is 6.07. The van der Waals surface area contributed by atoms with Gasteiger partial charge in [0.05, 0.1) is 0 Å². The second-order valence-corrected chi connectivity index (χ2v) is 6.79. The Morgan fingerprint density at radius 2 is 1.52 bits per heavy atom. The monoisotopic (exact) mass is 299 g/mol. The van der Waals surface area contributed by atoms with E-state index in [1.807, 2.05) is 12.1 Å². The molecule has 0 atom stereocenters. The standard InChI is InChI=1S/C21H17NO/c1-21(2)15-8-4-5-9-17(15)22-18-11-14-13-7-3-6-10-19(13)23-20(14)12-16(18)21/h3-12,22H,1-2H3. The highest BCUT2D eigenvalue weighted by Crippen LogP contribution is 2.47. The number of hydrogen-bond donors (Lipinski definition) is 1. The molecule has 5 rings (SSSR count). The van der Waals surface area contributed by atoms with Gasteiger partial charge in [-0.3, -0.25) is 0 Å². The van der Waals surface area contributed by atoms with Gasteiger partial charge in [0.25, 0.3) is 0 Å². The molecule has 3 aromatic carbocycles. The van der Waals surface area contributed by atoms with Crippen LogP contribution < -0.4 is 5.32 Å². The molecule has 0 saturated heterocycles. The van der Waals surface area contributed by atoms with E-state index in [0.29, 0.717) is 0 Å². The minimum atomic E-state index is -0.0512. The van der Waals surface area contributed by atoms with E-state index < -0.39 is 0 Å². The third-order valence-electron chi connectivity index (χ3n) is 5.06. The molecule has 2 nitrogen and oxygen atoms in total. The van der Waals surface area contributed by atoms with Gasteiger partial charge in [-0.25, -0.2) is 0 Å². The third-order valence-corrected chi connectivity index (χ3v) is 5.06. The number of fused-ring (bicyclic) bond motifs is 5. The maximum Gasteiger partial charge on any atom is 0.135 e. The van der Waals surface area contributed by atoms with Crippen LogP contribution in [0.15, 0.2) is 65.1 Å². The summed E-state index contributed by atoms with van der Waals surface area (Å²) in [5.74, 6) is 0. The molecule has 0 fully saturated rings. The van der Waals surface area contributed by atoms with E-state index in [4.69, 9.17) is 4.42 Å². The Morgan fingerprint density at radius 1 is 0.739 bits per heavy atom. The van der Waals surface area contributed by atoms with Gasteiger partial charge in [0, 0.05) is 27.6 Å². The van der Waals surface area contributed by atoms with Crippen LogP contribution in [0.4, 0.5) is 11.4 Å². The van der Waals surface area contributed by atoms with Crippen LogP contribution in [0.2, 0.25) is 0 Å². The minimum absolute atomic E-state index is 0.0512. The van der Waals surface area contributed by atoms with E-state index in [1.54, 1.807) is 0 Å². The number of rotatable bonds is 0. The van der Waals surface area contributed by atoms with Crippen LogP contribution in [0.3, 0.4) is 0 Å². The largest absolute Gasteiger partial charge is 0.456 e. The van der Waals surface area contributed by atoms with Crippen LogP contribution in [-0.2, 0) is 5.41 Å². The first kappa shape index (κ1) is 12.8. The van der Waals surface area contributed by atoms with Gasteiger partial charge in [0.2, 0.25) is 0 Å². The third kappa shape index (κ3) is 1.63. The predicted octanol–water partition coefficient (Wildman–Crippen LogP) is 5.97. The van der Waals surface area contributed by atoms with Gasteiger partial charge in [-0.05, 0) is 35.4 Å². The number of hydrogen-bond acceptors (Lipinski definition) is 2. The lowest BCUT2D eigenvalue weighted by molar-refractivity contribution is 0.630. The molecule has 0 aliphatic carbocycles. The normalized spacial score (nSPS) is 15.2. The quantitative estimate of drug-likeness (QED) is 0.433. The summed E-state index contributed by atoms with van der Waals surface area (Å²) in [6, 6.07) is 21.2. The fourth-order valence-corrected chi connectivity index (χ4v) is 3.82. The average Bonchev–Trinajstić information content (AvgIpc) is 2.91. The Bertz CT molecular complexity index is 1070. The summed E-state index contributed by atoms with van der Waals surface area (Å²) in [6.45, 7) is 4.56. The summed E-state index contributed by atoms with van der Waals surface area (Å²) in [7, 11) is 0. The molecule has 0 bridgehead atoms. The van der Waals surface area contributed by atoms with E-state index in [0.717, 1.165) is 11.2 Å². The van der Waals surface area contributed by atoms with E-state index in [1.165, 1.54) is 33.3 Å². The Morgan fingerprint density at radius 3 is 2.43 bits per heavy atom. The summed E-state index contributed by atoms with van der Waals surface area (Å²) in [4.78, 5) is 0. The lowest BCUT2D eigenvalue weighted by Gasteiger charge is -2.35. The second kappa shape index (κ2) is 4.17. The molecule has 2 heteroatoms. The highest BCUT2D eigenvalue weighted by molar-refractivity contribution is 6.07. The zero-order chi connectivity index (χ0) is 15.6. The summed E-state index contributed by atoms with van der Waals surface area (Å²) in [5.41, 5.74) is 6.82. The van der Waals surface area contributed by atoms with Crippen molar-refractivity contribution in [3.8, 4) is 0 Å². The molecule has 1 aliphatic rings. The Hall–Kier alpha value is -2.74. The van der Waals surface area contributed by atoms with Crippen molar-refractivity contribution < 1.29 is 4.42 Å². The lowest BCUT2D eigenvalue weighted by Crippen LogP contribution is -2.25. The Labute approximate surface area is 134 Å². The van der Waals surface area contributed by atoms with Gasteiger partial charge in [0.15, 0.2) is 0 Å². The SMILES string of the molecule is CC1(C)c2ccccc2Nc2cc3c(cc21)oc1ccccc13. The van der Waals surface area contributed by atoms with Gasteiger partial charge >= 0.3 is 0 Å². The maximum absolute atomic E-state index is 6.07. The molecule has 0 saturated carbocycles. The zero-order valence-corrected chi connectivity index (χ0v) is 13.2. The predicted molar refractivity (Wildman–Crippen MR) is 95.6 cm³/mol. The molecule has 23 heavy (non-hydrogen) atoms. The average molecular weight is 299 g/mol. The van der Waals surface area contributed by atoms with Crippen LogP contribution in [0.25, 0.3) is 21.9 Å². The van der Waals surface area contributed by atoms with E-state index in [2.05, 4.69) is 67.7 Å². The second-order valence-electron chi connectivity index (χ2n) is 6.79. The van der Waals surface area contributed by atoms with Crippen LogP contribution in [-0.4, -0.2) is 0 Å². The molecular formula is C21H17NO. The van der Waals surface area contributed by atoms with Crippen LogP contribution >= 0.6 is 0 Å². The van der Waals surface area contributed by atoms with Crippen molar-refractivity contribution in [2.24, 2.45) is 0 Å².